The number of carbonyl (C=O) groups excluding carboxylic acids is 1. The van der Waals surface area contributed by atoms with Crippen molar-refractivity contribution in [1.29, 1.82) is 0 Å². The van der Waals surface area contributed by atoms with E-state index in [2.05, 4.69) is 10.4 Å². The highest BCUT2D eigenvalue weighted by atomic mass is 35.5. The lowest BCUT2D eigenvalue weighted by Crippen LogP contribution is -2.33. The van der Waals surface area contributed by atoms with Gasteiger partial charge in [0.05, 0.1) is 17.6 Å². The van der Waals surface area contributed by atoms with E-state index in [1.807, 2.05) is 18.2 Å². The van der Waals surface area contributed by atoms with Gasteiger partial charge in [-0.1, -0.05) is 43.6 Å². The van der Waals surface area contributed by atoms with Crippen molar-refractivity contribution in [3.05, 3.63) is 75.8 Å². The molecule has 1 aromatic carbocycles. The molecule has 170 valence electrons. The van der Waals surface area contributed by atoms with Gasteiger partial charge in [0, 0.05) is 36.4 Å². The topological polar surface area (TPSA) is 106 Å². The number of hydrogen-bond acceptors (Lipinski definition) is 5. The molecule has 0 aliphatic heterocycles. The summed E-state index contributed by atoms with van der Waals surface area (Å²) in [4.78, 5) is 24.8. The molecule has 2 heterocycles. The lowest BCUT2D eigenvalue weighted by atomic mass is 10.2. The molecular weight excluding hydrogens is 454 g/mol. The molecule has 0 saturated heterocycles. The highest BCUT2D eigenvalue weighted by Gasteiger charge is 2.22. The van der Waals surface area contributed by atoms with Gasteiger partial charge in [-0.3, -0.25) is 9.59 Å². The maximum atomic E-state index is 12.7. The molecule has 3 aromatic rings. The van der Waals surface area contributed by atoms with Gasteiger partial charge in [-0.25, -0.2) is 13.1 Å². The molecule has 0 atom stereocenters. The van der Waals surface area contributed by atoms with Gasteiger partial charge in [0.15, 0.2) is 0 Å². The first-order valence-electron chi connectivity index (χ1n) is 10.0. The van der Waals surface area contributed by atoms with Crippen LogP contribution in [0.15, 0.2) is 64.5 Å². The number of carbonyl (C=O) groups is 1. The Morgan fingerprint density at radius 1 is 1.12 bits per heavy atom. The Kier molecular flexibility index (Phi) is 7.49. The molecular formula is C21H24ClN5O4S. The fraction of sp³-hybridized carbons (Fsp3) is 0.286. The van der Waals surface area contributed by atoms with Gasteiger partial charge in [-0.15, -0.1) is 0 Å². The zero-order valence-corrected chi connectivity index (χ0v) is 19.3. The van der Waals surface area contributed by atoms with Crippen LogP contribution in [0.3, 0.4) is 0 Å². The van der Waals surface area contributed by atoms with E-state index in [1.165, 1.54) is 22.8 Å². The number of halogens is 1. The van der Waals surface area contributed by atoms with Gasteiger partial charge >= 0.3 is 0 Å². The number of hydrogen-bond donors (Lipinski definition) is 1. The number of aromatic nitrogens is 3. The number of pyridine rings is 1. The van der Waals surface area contributed by atoms with Gasteiger partial charge in [-0.2, -0.15) is 9.40 Å². The van der Waals surface area contributed by atoms with Gasteiger partial charge in [0.1, 0.15) is 12.4 Å². The average Bonchev–Trinajstić information content (AvgIpc) is 3.18. The molecule has 0 radical (unpaired) electrons. The van der Waals surface area contributed by atoms with Crippen LogP contribution in [0, 0.1) is 0 Å². The summed E-state index contributed by atoms with van der Waals surface area (Å²) in [7, 11) is -3.76. The van der Waals surface area contributed by atoms with Crippen LogP contribution in [0.4, 0.5) is 5.82 Å². The molecule has 0 unspecified atom stereocenters. The highest BCUT2D eigenvalue weighted by Crippen LogP contribution is 2.18. The second kappa shape index (κ2) is 10.1. The summed E-state index contributed by atoms with van der Waals surface area (Å²) < 4.78 is 29.4. The molecule has 32 heavy (non-hydrogen) atoms. The number of rotatable bonds is 9. The quantitative estimate of drug-likeness (QED) is 0.509. The minimum Gasteiger partial charge on any atom is -0.309 e. The summed E-state index contributed by atoms with van der Waals surface area (Å²) in [6.45, 7) is 4.06. The second-order valence-electron chi connectivity index (χ2n) is 6.93. The Labute approximate surface area is 191 Å². The van der Waals surface area contributed by atoms with Crippen LogP contribution >= 0.6 is 11.6 Å². The summed E-state index contributed by atoms with van der Waals surface area (Å²) in [5, 5.41) is 7.49. The van der Waals surface area contributed by atoms with E-state index in [0.717, 1.165) is 16.2 Å². The molecule has 3 rings (SSSR count). The Hall–Kier alpha value is -2.95. The highest BCUT2D eigenvalue weighted by molar-refractivity contribution is 7.89. The first-order chi connectivity index (χ1) is 15.3. The van der Waals surface area contributed by atoms with Crippen molar-refractivity contribution in [3.63, 3.8) is 0 Å². The van der Waals surface area contributed by atoms with E-state index in [0.29, 0.717) is 30.5 Å². The minimum atomic E-state index is -3.76. The maximum Gasteiger partial charge on any atom is 0.251 e. The number of anilines is 1. The zero-order valence-electron chi connectivity index (χ0n) is 17.7. The molecule has 0 aliphatic rings. The lowest BCUT2D eigenvalue weighted by molar-refractivity contribution is -0.116. The Morgan fingerprint density at radius 3 is 2.53 bits per heavy atom. The summed E-state index contributed by atoms with van der Waals surface area (Å²) in [6.07, 6.45) is 2.73. The number of nitrogens with one attached hydrogen (secondary N) is 1. The minimum absolute atomic E-state index is 0.0441. The van der Waals surface area contributed by atoms with Crippen molar-refractivity contribution < 1.29 is 13.2 Å². The number of sulfonamides is 1. The summed E-state index contributed by atoms with van der Waals surface area (Å²) in [5.41, 5.74) is 0.349. The Balaban J connectivity index is 1.77. The number of nitrogens with zero attached hydrogens (tertiary/aromatic N) is 4. The van der Waals surface area contributed by atoms with Gasteiger partial charge < -0.3 is 9.88 Å². The first kappa shape index (κ1) is 23.7. The molecule has 0 fully saturated rings. The van der Waals surface area contributed by atoms with Gasteiger partial charge in [0.25, 0.3) is 5.56 Å². The third-order valence-electron chi connectivity index (χ3n) is 4.88. The standard InChI is InChI=1S/C21H24ClN5O4S/c1-3-26(4-2)32(30,31)17-9-10-21(29)25(14-17)15-20(28)24-19-11-12-23-27(19)13-16-7-5-6-8-18(16)22/h5-12,14H,3-4,13,15H2,1-2H3,(H,24,28). The molecule has 2 aromatic heterocycles. The largest absolute Gasteiger partial charge is 0.309 e. The Bertz CT molecular complexity index is 1260. The third-order valence-corrected chi connectivity index (χ3v) is 7.28. The number of benzene rings is 1. The van der Waals surface area contributed by atoms with Crippen LogP contribution in [0.5, 0.6) is 0 Å². The van der Waals surface area contributed by atoms with E-state index in [9.17, 15) is 18.0 Å². The molecule has 1 N–H and O–H groups in total. The third kappa shape index (κ3) is 5.26. The average molecular weight is 478 g/mol. The summed E-state index contributed by atoms with van der Waals surface area (Å²) >= 11 is 6.20. The molecule has 0 bridgehead atoms. The van der Waals surface area contributed by atoms with Crippen LogP contribution < -0.4 is 10.9 Å². The van der Waals surface area contributed by atoms with Gasteiger partial charge in [-0.05, 0) is 17.7 Å². The summed E-state index contributed by atoms with van der Waals surface area (Å²) in [6, 6.07) is 11.3. The van der Waals surface area contributed by atoms with Crippen molar-refractivity contribution in [1.82, 2.24) is 18.7 Å². The van der Waals surface area contributed by atoms with E-state index in [-0.39, 0.29) is 11.4 Å². The van der Waals surface area contributed by atoms with Crippen LogP contribution in [0.25, 0.3) is 0 Å². The van der Waals surface area contributed by atoms with E-state index < -0.39 is 21.5 Å². The zero-order chi connectivity index (χ0) is 23.3. The van der Waals surface area contributed by atoms with Crippen LogP contribution in [0.1, 0.15) is 19.4 Å². The van der Waals surface area contributed by atoms with Crippen molar-refractivity contribution in [2.45, 2.75) is 31.8 Å². The first-order valence-corrected chi connectivity index (χ1v) is 11.8. The van der Waals surface area contributed by atoms with E-state index >= 15 is 0 Å². The number of amides is 1. The normalized spacial score (nSPS) is 11.6. The maximum absolute atomic E-state index is 12.7. The fourth-order valence-corrected chi connectivity index (χ4v) is 4.86. The molecule has 9 nitrogen and oxygen atoms in total. The van der Waals surface area contributed by atoms with Gasteiger partial charge in [0.2, 0.25) is 15.9 Å². The van der Waals surface area contributed by atoms with Crippen molar-refractivity contribution in [3.8, 4) is 0 Å². The molecule has 0 saturated carbocycles. The smallest absolute Gasteiger partial charge is 0.251 e. The lowest BCUT2D eigenvalue weighted by Gasteiger charge is -2.19. The van der Waals surface area contributed by atoms with Crippen LogP contribution in [0.2, 0.25) is 5.02 Å². The van der Waals surface area contributed by atoms with Crippen LogP contribution in [-0.4, -0.2) is 46.1 Å². The van der Waals surface area contributed by atoms with Crippen LogP contribution in [-0.2, 0) is 27.9 Å². The molecule has 11 heteroatoms. The molecule has 1 amide bonds. The van der Waals surface area contributed by atoms with E-state index in [1.54, 1.807) is 30.7 Å². The fourth-order valence-electron chi connectivity index (χ4n) is 3.19. The Morgan fingerprint density at radius 2 is 1.84 bits per heavy atom. The van der Waals surface area contributed by atoms with Crippen molar-refractivity contribution in [2.75, 3.05) is 18.4 Å². The molecule has 0 aliphatic carbocycles. The predicted octanol–water partition coefficient (Wildman–Crippen LogP) is 2.42. The monoisotopic (exact) mass is 477 g/mol. The van der Waals surface area contributed by atoms with Crippen molar-refractivity contribution in [2.24, 2.45) is 0 Å². The summed E-state index contributed by atoms with van der Waals surface area (Å²) in [5.74, 6) is -0.0692. The predicted molar refractivity (Wildman–Crippen MR) is 122 cm³/mol. The SMILES string of the molecule is CCN(CC)S(=O)(=O)c1ccc(=O)n(CC(=O)Nc2ccnn2Cc2ccccc2Cl)c1. The second-order valence-corrected chi connectivity index (χ2v) is 9.28. The van der Waals surface area contributed by atoms with E-state index in [4.69, 9.17) is 11.6 Å². The van der Waals surface area contributed by atoms with Crippen molar-refractivity contribution >= 4 is 33.3 Å². The molecule has 0 spiro atoms.